The second-order valence-corrected chi connectivity index (χ2v) is 6.34. The Bertz CT molecular complexity index is 589. The van der Waals surface area contributed by atoms with E-state index in [2.05, 4.69) is 39.9 Å². The minimum atomic E-state index is -4.14. The number of hydrogen-bond donors (Lipinski definition) is 2. The number of fused-ring (bicyclic) bond motifs is 3. The molecule has 2 aliphatic rings. The van der Waals surface area contributed by atoms with Crippen LogP contribution >= 0.6 is 24.0 Å². The SMILES string of the molecule is CN=C(NCCC(F)(F)F)NCC1C2CCc3ccccc3C21.I. The molecule has 134 valence electrons. The van der Waals surface area contributed by atoms with Gasteiger partial charge in [-0.2, -0.15) is 13.2 Å². The van der Waals surface area contributed by atoms with E-state index in [-0.39, 0.29) is 30.5 Å². The van der Waals surface area contributed by atoms with Gasteiger partial charge in [-0.05, 0) is 41.7 Å². The summed E-state index contributed by atoms with van der Waals surface area (Å²) in [5, 5.41) is 5.90. The van der Waals surface area contributed by atoms with Crippen molar-refractivity contribution < 1.29 is 13.2 Å². The molecule has 1 saturated carbocycles. The van der Waals surface area contributed by atoms with Crippen molar-refractivity contribution in [2.75, 3.05) is 20.1 Å². The van der Waals surface area contributed by atoms with Gasteiger partial charge >= 0.3 is 6.18 Å². The number of nitrogens with one attached hydrogen (secondary N) is 2. The number of halogens is 4. The summed E-state index contributed by atoms with van der Waals surface area (Å²) in [5.74, 6) is 2.30. The van der Waals surface area contributed by atoms with Crippen molar-refractivity contribution in [3.05, 3.63) is 35.4 Å². The highest BCUT2D eigenvalue weighted by molar-refractivity contribution is 14.0. The van der Waals surface area contributed by atoms with Crippen molar-refractivity contribution in [2.45, 2.75) is 31.4 Å². The van der Waals surface area contributed by atoms with Crippen molar-refractivity contribution in [1.29, 1.82) is 0 Å². The van der Waals surface area contributed by atoms with Crippen LogP contribution in [0.1, 0.15) is 29.9 Å². The van der Waals surface area contributed by atoms with E-state index >= 15 is 0 Å². The molecular formula is C17H23F3IN3. The zero-order chi connectivity index (χ0) is 16.4. The predicted molar refractivity (Wildman–Crippen MR) is 99.9 cm³/mol. The van der Waals surface area contributed by atoms with E-state index in [9.17, 15) is 13.2 Å². The van der Waals surface area contributed by atoms with E-state index in [4.69, 9.17) is 0 Å². The van der Waals surface area contributed by atoms with E-state index in [1.807, 2.05) is 0 Å². The first kappa shape index (κ1) is 19.3. The van der Waals surface area contributed by atoms with Gasteiger partial charge in [0.05, 0.1) is 6.42 Å². The first-order valence-corrected chi connectivity index (χ1v) is 8.08. The second kappa shape index (κ2) is 7.93. The fraction of sp³-hybridized carbons (Fsp3) is 0.588. The average Bonchev–Trinajstić information content (AvgIpc) is 3.23. The third-order valence-electron chi connectivity index (χ3n) is 4.92. The van der Waals surface area contributed by atoms with Gasteiger partial charge in [0.1, 0.15) is 0 Å². The van der Waals surface area contributed by atoms with Crippen molar-refractivity contribution in [3.8, 4) is 0 Å². The van der Waals surface area contributed by atoms with Gasteiger partial charge in [-0.25, -0.2) is 0 Å². The third-order valence-corrected chi connectivity index (χ3v) is 4.92. The molecular weight excluding hydrogens is 430 g/mol. The van der Waals surface area contributed by atoms with Crippen LogP contribution in [0.4, 0.5) is 13.2 Å². The first-order chi connectivity index (χ1) is 11.0. The average molecular weight is 453 g/mol. The summed E-state index contributed by atoms with van der Waals surface area (Å²) < 4.78 is 36.5. The van der Waals surface area contributed by atoms with E-state index in [0.717, 1.165) is 13.0 Å². The summed E-state index contributed by atoms with van der Waals surface area (Å²) >= 11 is 0. The van der Waals surface area contributed by atoms with Crippen molar-refractivity contribution in [2.24, 2.45) is 16.8 Å². The standard InChI is InChI=1S/C17H22F3N3.HI/c1-21-16(22-9-8-17(18,19)20)23-10-14-13-7-6-11-4-2-3-5-12(11)15(13)14;/h2-5,13-15H,6-10H2,1H3,(H2,21,22,23);1H. The van der Waals surface area contributed by atoms with Gasteiger partial charge in [0, 0.05) is 20.1 Å². The molecule has 3 rings (SSSR count). The molecule has 0 spiro atoms. The molecule has 0 saturated heterocycles. The highest BCUT2D eigenvalue weighted by Crippen LogP contribution is 2.59. The Morgan fingerprint density at radius 2 is 2.00 bits per heavy atom. The molecule has 3 nitrogen and oxygen atoms in total. The Balaban J connectivity index is 0.00000208. The van der Waals surface area contributed by atoms with Gasteiger partial charge in [-0.1, -0.05) is 24.3 Å². The number of nitrogens with zero attached hydrogens (tertiary/aromatic N) is 1. The van der Waals surface area contributed by atoms with Crippen molar-refractivity contribution in [3.63, 3.8) is 0 Å². The fourth-order valence-electron chi connectivity index (χ4n) is 3.75. The van der Waals surface area contributed by atoms with Crippen LogP contribution in [-0.2, 0) is 6.42 Å². The molecule has 1 aromatic rings. The lowest BCUT2D eigenvalue weighted by molar-refractivity contribution is -0.132. The quantitative estimate of drug-likeness (QED) is 0.415. The fourth-order valence-corrected chi connectivity index (χ4v) is 3.75. The summed E-state index contributed by atoms with van der Waals surface area (Å²) in [6.07, 6.45) is -2.66. The second-order valence-electron chi connectivity index (χ2n) is 6.34. The van der Waals surface area contributed by atoms with Gasteiger partial charge < -0.3 is 10.6 Å². The molecule has 0 aliphatic heterocycles. The summed E-state index contributed by atoms with van der Waals surface area (Å²) in [6.45, 7) is 0.610. The number of aryl methyl sites for hydroxylation is 1. The van der Waals surface area contributed by atoms with Gasteiger partial charge in [-0.15, -0.1) is 24.0 Å². The zero-order valence-corrected chi connectivity index (χ0v) is 15.9. The summed E-state index contributed by atoms with van der Waals surface area (Å²) in [6, 6.07) is 8.58. The monoisotopic (exact) mass is 453 g/mol. The van der Waals surface area contributed by atoms with Gasteiger partial charge in [-0.3, -0.25) is 4.99 Å². The number of rotatable bonds is 4. The van der Waals surface area contributed by atoms with E-state index in [1.165, 1.54) is 17.5 Å². The highest BCUT2D eigenvalue weighted by Gasteiger charge is 2.52. The van der Waals surface area contributed by atoms with Crippen LogP contribution in [0.15, 0.2) is 29.3 Å². The number of benzene rings is 1. The molecule has 24 heavy (non-hydrogen) atoms. The van der Waals surface area contributed by atoms with E-state index < -0.39 is 12.6 Å². The maximum Gasteiger partial charge on any atom is 0.390 e. The molecule has 0 heterocycles. The number of guanidine groups is 1. The Morgan fingerprint density at radius 1 is 1.25 bits per heavy atom. The maximum absolute atomic E-state index is 12.2. The first-order valence-electron chi connectivity index (χ1n) is 8.08. The number of hydrogen-bond acceptors (Lipinski definition) is 1. The smallest absolute Gasteiger partial charge is 0.356 e. The molecule has 3 unspecified atom stereocenters. The Labute approximate surface area is 157 Å². The molecule has 0 radical (unpaired) electrons. The topological polar surface area (TPSA) is 36.4 Å². The summed E-state index contributed by atoms with van der Waals surface area (Å²) in [4.78, 5) is 4.00. The lowest BCUT2D eigenvalue weighted by Gasteiger charge is -2.13. The van der Waals surface area contributed by atoms with Crippen LogP contribution in [0.3, 0.4) is 0 Å². The lowest BCUT2D eigenvalue weighted by atomic mass is 9.92. The van der Waals surface area contributed by atoms with Gasteiger partial charge in [0.2, 0.25) is 0 Å². The number of alkyl halides is 3. The molecule has 3 atom stereocenters. The third kappa shape index (κ3) is 4.55. The Hall–Kier alpha value is -0.990. The van der Waals surface area contributed by atoms with Crippen LogP contribution in [-0.4, -0.2) is 32.3 Å². The van der Waals surface area contributed by atoms with Crippen LogP contribution in [0.5, 0.6) is 0 Å². The van der Waals surface area contributed by atoms with Crippen molar-refractivity contribution >= 4 is 29.9 Å². The lowest BCUT2D eigenvalue weighted by Crippen LogP contribution is -2.40. The maximum atomic E-state index is 12.2. The zero-order valence-electron chi connectivity index (χ0n) is 13.6. The molecule has 1 fully saturated rings. The van der Waals surface area contributed by atoms with E-state index in [0.29, 0.717) is 23.7 Å². The predicted octanol–water partition coefficient (Wildman–Crippen LogP) is 3.70. The summed E-state index contributed by atoms with van der Waals surface area (Å²) in [5.41, 5.74) is 2.90. The summed E-state index contributed by atoms with van der Waals surface area (Å²) in [7, 11) is 1.58. The minimum absolute atomic E-state index is 0. The molecule has 1 aromatic carbocycles. The molecule has 0 bridgehead atoms. The largest absolute Gasteiger partial charge is 0.390 e. The van der Waals surface area contributed by atoms with Crippen LogP contribution in [0.2, 0.25) is 0 Å². The molecule has 0 aromatic heterocycles. The minimum Gasteiger partial charge on any atom is -0.356 e. The molecule has 0 amide bonds. The van der Waals surface area contributed by atoms with Crippen LogP contribution in [0, 0.1) is 11.8 Å². The molecule has 2 N–H and O–H groups in total. The van der Waals surface area contributed by atoms with E-state index in [1.54, 1.807) is 7.05 Å². The van der Waals surface area contributed by atoms with Crippen LogP contribution in [0.25, 0.3) is 0 Å². The molecule has 7 heteroatoms. The van der Waals surface area contributed by atoms with Crippen molar-refractivity contribution in [1.82, 2.24) is 10.6 Å². The normalized spacial score (nSPS) is 25.2. The number of aliphatic imine (C=N–C) groups is 1. The Kier molecular flexibility index (Phi) is 6.39. The van der Waals surface area contributed by atoms with Gasteiger partial charge in [0.15, 0.2) is 5.96 Å². The Morgan fingerprint density at radius 3 is 2.71 bits per heavy atom. The molecule has 2 aliphatic carbocycles. The highest BCUT2D eigenvalue weighted by atomic mass is 127. The van der Waals surface area contributed by atoms with Gasteiger partial charge in [0.25, 0.3) is 0 Å². The van der Waals surface area contributed by atoms with Crippen LogP contribution < -0.4 is 10.6 Å².